The number of aromatic hydroxyl groups is 1. The Bertz CT molecular complexity index is 1300. The highest BCUT2D eigenvalue weighted by Gasteiger charge is 2.14. The first-order valence-electron chi connectivity index (χ1n) is 11.3. The van der Waals surface area contributed by atoms with Crippen LogP contribution in [0.3, 0.4) is 0 Å². The van der Waals surface area contributed by atoms with Crippen molar-refractivity contribution in [3.8, 4) is 22.8 Å². The Balaban J connectivity index is 1.54. The predicted molar refractivity (Wildman–Crippen MR) is 136 cm³/mol. The van der Waals surface area contributed by atoms with Gasteiger partial charge in [0.05, 0.1) is 36.8 Å². The van der Waals surface area contributed by atoms with Crippen molar-refractivity contribution in [1.82, 2.24) is 15.0 Å². The van der Waals surface area contributed by atoms with Gasteiger partial charge in [-0.15, -0.1) is 0 Å². The molecule has 178 valence electrons. The average Bonchev–Trinajstić information content (AvgIpc) is 2.89. The highest BCUT2D eigenvalue weighted by molar-refractivity contribution is 6.04. The van der Waals surface area contributed by atoms with Crippen molar-refractivity contribution in [3.63, 3.8) is 0 Å². The molecule has 4 aromatic rings. The fraction of sp³-hybridized carbons (Fsp3) is 0.185. The van der Waals surface area contributed by atoms with Gasteiger partial charge in [-0.1, -0.05) is 25.5 Å². The van der Waals surface area contributed by atoms with Gasteiger partial charge in [0.25, 0.3) is 5.91 Å². The standard InChI is InChI=1S/C27H27N5O3/c1-3-6-22(18-7-4-9-21(13-18)30-27(34)20-8-5-12-28-15-20)31-26-17-29-16-23(32-26)19-10-11-24(33)25(14-19)35-2/h4-5,7-17,22,33H,3,6H2,1-2H3,(H,30,34)(H,31,32). The van der Waals surface area contributed by atoms with E-state index in [1.54, 1.807) is 48.9 Å². The number of methoxy groups -OCH3 is 1. The molecular formula is C27H27N5O3. The summed E-state index contributed by atoms with van der Waals surface area (Å²) in [5.41, 5.74) is 3.66. The van der Waals surface area contributed by atoms with Crippen LogP contribution in [0, 0.1) is 0 Å². The van der Waals surface area contributed by atoms with Gasteiger partial charge in [-0.3, -0.25) is 14.8 Å². The van der Waals surface area contributed by atoms with Crippen LogP contribution in [-0.2, 0) is 0 Å². The van der Waals surface area contributed by atoms with Crippen molar-refractivity contribution >= 4 is 17.4 Å². The molecule has 0 saturated heterocycles. The van der Waals surface area contributed by atoms with Crippen LogP contribution in [0.2, 0.25) is 0 Å². The molecule has 1 atom stereocenters. The number of hydrogen-bond donors (Lipinski definition) is 3. The Hall–Kier alpha value is -4.46. The minimum absolute atomic E-state index is 0.0332. The molecule has 0 aliphatic rings. The second kappa shape index (κ2) is 11.1. The third kappa shape index (κ3) is 5.92. The second-order valence-electron chi connectivity index (χ2n) is 7.98. The van der Waals surface area contributed by atoms with E-state index in [0.717, 1.165) is 24.0 Å². The van der Waals surface area contributed by atoms with E-state index in [2.05, 4.69) is 27.5 Å². The first-order chi connectivity index (χ1) is 17.1. The Morgan fingerprint density at radius 1 is 1.06 bits per heavy atom. The quantitative estimate of drug-likeness (QED) is 0.299. The lowest BCUT2D eigenvalue weighted by atomic mass is 10.0. The average molecular weight is 470 g/mol. The molecule has 2 aromatic carbocycles. The largest absolute Gasteiger partial charge is 0.504 e. The summed E-state index contributed by atoms with van der Waals surface area (Å²) in [5, 5.41) is 16.3. The van der Waals surface area contributed by atoms with E-state index < -0.39 is 0 Å². The van der Waals surface area contributed by atoms with Crippen LogP contribution < -0.4 is 15.4 Å². The SMILES string of the molecule is CCCC(Nc1cncc(-c2ccc(O)c(OC)c2)n1)c1cccc(NC(=O)c2cccnc2)c1. The van der Waals surface area contributed by atoms with Crippen molar-refractivity contribution in [2.75, 3.05) is 17.7 Å². The number of aromatic nitrogens is 3. The van der Waals surface area contributed by atoms with Gasteiger partial charge < -0.3 is 20.5 Å². The van der Waals surface area contributed by atoms with Crippen LogP contribution in [0.25, 0.3) is 11.3 Å². The minimum Gasteiger partial charge on any atom is -0.504 e. The third-order valence-electron chi connectivity index (χ3n) is 5.48. The molecule has 8 heteroatoms. The molecule has 0 saturated carbocycles. The molecule has 0 bridgehead atoms. The number of nitrogens with zero attached hydrogens (tertiary/aromatic N) is 3. The Morgan fingerprint density at radius 3 is 2.71 bits per heavy atom. The minimum atomic E-state index is -0.210. The van der Waals surface area contributed by atoms with Gasteiger partial charge in [0.1, 0.15) is 5.82 Å². The Morgan fingerprint density at radius 2 is 1.94 bits per heavy atom. The molecule has 0 radical (unpaired) electrons. The number of phenols is 1. The number of benzene rings is 2. The number of carbonyl (C=O) groups is 1. The van der Waals surface area contributed by atoms with Gasteiger partial charge in [-0.05, 0) is 54.4 Å². The van der Waals surface area contributed by atoms with Crippen LogP contribution in [0.5, 0.6) is 11.5 Å². The monoisotopic (exact) mass is 469 g/mol. The molecule has 35 heavy (non-hydrogen) atoms. The maximum Gasteiger partial charge on any atom is 0.257 e. The van der Waals surface area contributed by atoms with E-state index in [9.17, 15) is 9.90 Å². The normalized spacial score (nSPS) is 11.5. The Kier molecular flexibility index (Phi) is 7.52. The summed E-state index contributed by atoms with van der Waals surface area (Å²) in [6.07, 6.45) is 8.33. The number of hydrogen-bond acceptors (Lipinski definition) is 7. The predicted octanol–water partition coefficient (Wildman–Crippen LogP) is 5.46. The van der Waals surface area contributed by atoms with Crippen LogP contribution in [0.1, 0.15) is 41.7 Å². The zero-order chi connectivity index (χ0) is 24.6. The molecule has 0 fully saturated rings. The first-order valence-corrected chi connectivity index (χ1v) is 11.3. The molecule has 1 amide bonds. The molecule has 0 spiro atoms. The summed E-state index contributed by atoms with van der Waals surface area (Å²) >= 11 is 0. The zero-order valence-corrected chi connectivity index (χ0v) is 19.6. The summed E-state index contributed by atoms with van der Waals surface area (Å²) in [7, 11) is 1.51. The first kappa shape index (κ1) is 23.7. The van der Waals surface area contributed by atoms with E-state index in [1.165, 1.54) is 13.3 Å². The summed E-state index contributed by atoms with van der Waals surface area (Å²) in [6, 6.07) is 16.3. The molecule has 4 rings (SSSR count). The van der Waals surface area contributed by atoms with Crippen molar-refractivity contribution in [2.24, 2.45) is 0 Å². The number of carbonyl (C=O) groups excluding carboxylic acids is 1. The Labute approximate surface area is 204 Å². The second-order valence-corrected chi connectivity index (χ2v) is 7.98. The lowest BCUT2D eigenvalue weighted by Gasteiger charge is -2.20. The smallest absolute Gasteiger partial charge is 0.257 e. The number of rotatable bonds is 9. The van der Waals surface area contributed by atoms with Gasteiger partial charge in [0.15, 0.2) is 11.5 Å². The number of pyridine rings is 1. The summed E-state index contributed by atoms with van der Waals surface area (Å²) in [6.45, 7) is 2.12. The summed E-state index contributed by atoms with van der Waals surface area (Å²) in [5.74, 6) is 0.851. The lowest BCUT2D eigenvalue weighted by molar-refractivity contribution is 0.102. The van der Waals surface area contributed by atoms with E-state index in [-0.39, 0.29) is 17.7 Å². The lowest BCUT2D eigenvalue weighted by Crippen LogP contribution is -2.14. The highest BCUT2D eigenvalue weighted by Crippen LogP contribution is 2.31. The summed E-state index contributed by atoms with van der Waals surface area (Å²) in [4.78, 5) is 25.6. The number of ether oxygens (including phenoxy) is 1. The van der Waals surface area contributed by atoms with Gasteiger partial charge in [-0.25, -0.2) is 4.98 Å². The van der Waals surface area contributed by atoms with Crippen molar-refractivity contribution < 1.29 is 14.6 Å². The maximum absolute atomic E-state index is 12.5. The molecule has 0 aliphatic heterocycles. The number of phenolic OH excluding ortho intramolecular Hbond substituents is 1. The molecular weight excluding hydrogens is 442 g/mol. The number of nitrogens with one attached hydrogen (secondary N) is 2. The topological polar surface area (TPSA) is 109 Å². The fourth-order valence-corrected chi connectivity index (χ4v) is 3.73. The number of anilines is 2. The molecule has 0 aliphatic carbocycles. The van der Waals surface area contributed by atoms with Gasteiger partial charge in [0.2, 0.25) is 0 Å². The van der Waals surface area contributed by atoms with Crippen LogP contribution >= 0.6 is 0 Å². The van der Waals surface area contributed by atoms with Crippen LogP contribution in [-0.4, -0.2) is 33.1 Å². The molecule has 8 nitrogen and oxygen atoms in total. The summed E-state index contributed by atoms with van der Waals surface area (Å²) < 4.78 is 5.21. The maximum atomic E-state index is 12.5. The van der Waals surface area contributed by atoms with E-state index in [4.69, 9.17) is 9.72 Å². The van der Waals surface area contributed by atoms with Crippen LogP contribution in [0.15, 0.2) is 79.4 Å². The van der Waals surface area contributed by atoms with Gasteiger partial charge in [-0.2, -0.15) is 0 Å². The van der Waals surface area contributed by atoms with Crippen molar-refractivity contribution in [3.05, 3.63) is 90.5 Å². The highest BCUT2D eigenvalue weighted by atomic mass is 16.5. The molecule has 2 heterocycles. The number of amides is 1. The van der Waals surface area contributed by atoms with Crippen molar-refractivity contribution in [2.45, 2.75) is 25.8 Å². The zero-order valence-electron chi connectivity index (χ0n) is 19.6. The van der Waals surface area contributed by atoms with E-state index in [0.29, 0.717) is 28.5 Å². The van der Waals surface area contributed by atoms with E-state index in [1.807, 2.05) is 24.3 Å². The third-order valence-corrected chi connectivity index (χ3v) is 5.48. The molecule has 2 aromatic heterocycles. The molecule has 1 unspecified atom stereocenters. The van der Waals surface area contributed by atoms with Crippen molar-refractivity contribution in [1.29, 1.82) is 0 Å². The van der Waals surface area contributed by atoms with Crippen LogP contribution in [0.4, 0.5) is 11.5 Å². The fourth-order valence-electron chi connectivity index (χ4n) is 3.73. The van der Waals surface area contributed by atoms with E-state index >= 15 is 0 Å². The molecule has 3 N–H and O–H groups in total. The van der Waals surface area contributed by atoms with Gasteiger partial charge in [0, 0.05) is 23.6 Å². The van der Waals surface area contributed by atoms with Gasteiger partial charge >= 0.3 is 0 Å².